The summed E-state index contributed by atoms with van der Waals surface area (Å²) < 4.78 is 5.12. The van der Waals surface area contributed by atoms with Gasteiger partial charge in [0.25, 0.3) is 0 Å². The molecule has 0 aliphatic rings. The van der Waals surface area contributed by atoms with Crippen molar-refractivity contribution in [3.05, 3.63) is 65.2 Å². The summed E-state index contributed by atoms with van der Waals surface area (Å²) in [4.78, 5) is 23.9. The number of ether oxygens (including phenoxy) is 1. The van der Waals surface area contributed by atoms with Crippen molar-refractivity contribution < 1.29 is 14.3 Å². The van der Waals surface area contributed by atoms with Crippen molar-refractivity contribution in [2.75, 3.05) is 5.32 Å². The molecule has 4 nitrogen and oxygen atoms in total. The molecule has 0 aliphatic carbocycles. The van der Waals surface area contributed by atoms with Gasteiger partial charge in [-0.1, -0.05) is 24.3 Å². The lowest BCUT2D eigenvalue weighted by Crippen LogP contribution is -2.15. The average Bonchev–Trinajstić information content (AvgIpc) is 2.49. The summed E-state index contributed by atoms with van der Waals surface area (Å²) >= 11 is 0. The van der Waals surface area contributed by atoms with Crippen LogP contribution in [-0.4, -0.2) is 18.0 Å². The van der Waals surface area contributed by atoms with Crippen molar-refractivity contribution in [2.24, 2.45) is 0 Å². The molecule has 2 aromatic carbocycles. The number of carbonyl (C=O) groups excluding carboxylic acids is 2. The lowest BCUT2D eigenvalue weighted by molar-refractivity contribution is -0.115. The van der Waals surface area contributed by atoms with Gasteiger partial charge in [0.1, 0.15) is 0 Å². The number of benzene rings is 2. The van der Waals surface area contributed by atoms with E-state index < -0.39 is 0 Å². The number of nitrogens with one attached hydrogen (secondary N) is 1. The lowest BCUT2D eigenvalue weighted by atomic mass is 10.1. The number of hydrogen-bond donors (Lipinski definition) is 1. The number of esters is 1. The minimum Gasteiger partial charge on any atom is -0.459 e. The van der Waals surface area contributed by atoms with Crippen molar-refractivity contribution in [3.63, 3.8) is 0 Å². The SMILES string of the molecule is Cc1ccccc1CC(=O)Nc1ccc(C(=O)OC(C)C)cc1. The maximum Gasteiger partial charge on any atom is 0.338 e. The maximum absolute atomic E-state index is 12.1. The van der Waals surface area contributed by atoms with Crippen molar-refractivity contribution in [1.29, 1.82) is 0 Å². The van der Waals surface area contributed by atoms with E-state index in [-0.39, 0.29) is 18.0 Å². The van der Waals surface area contributed by atoms with Gasteiger partial charge in [0.05, 0.1) is 18.1 Å². The average molecular weight is 311 g/mol. The molecule has 0 radical (unpaired) electrons. The lowest BCUT2D eigenvalue weighted by Gasteiger charge is -2.09. The van der Waals surface area contributed by atoms with Crippen LogP contribution < -0.4 is 5.32 Å². The van der Waals surface area contributed by atoms with E-state index in [9.17, 15) is 9.59 Å². The molecule has 1 amide bonds. The topological polar surface area (TPSA) is 55.4 Å². The zero-order valence-corrected chi connectivity index (χ0v) is 13.6. The van der Waals surface area contributed by atoms with E-state index in [2.05, 4.69) is 5.32 Å². The van der Waals surface area contributed by atoms with Crippen molar-refractivity contribution in [2.45, 2.75) is 33.3 Å². The van der Waals surface area contributed by atoms with E-state index in [4.69, 9.17) is 4.74 Å². The molecule has 0 heterocycles. The molecule has 0 unspecified atom stereocenters. The fourth-order valence-electron chi connectivity index (χ4n) is 2.16. The van der Waals surface area contributed by atoms with Gasteiger partial charge < -0.3 is 10.1 Å². The predicted octanol–water partition coefficient (Wildman–Crippen LogP) is 3.74. The van der Waals surface area contributed by atoms with E-state index >= 15 is 0 Å². The van der Waals surface area contributed by atoms with Crippen molar-refractivity contribution in [3.8, 4) is 0 Å². The minimum absolute atomic E-state index is 0.0863. The third kappa shape index (κ3) is 4.95. The number of anilines is 1. The zero-order chi connectivity index (χ0) is 16.8. The van der Waals surface area contributed by atoms with Gasteiger partial charge in [-0.05, 0) is 56.2 Å². The number of rotatable bonds is 5. The van der Waals surface area contributed by atoms with Crippen molar-refractivity contribution >= 4 is 17.6 Å². The molecule has 4 heteroatoms. The van der Waals surface area contributed by atoms with Crippen LogP contribution in [0, 0.1) is 6.92 Å². The van der Waals surface area contributed by atoms with E-state index in [1.54, 1.807) is 38.1 Å². The van der Waals surface area contributed by atoms with Crippen LogP contribution in [0.2, 0.25) is 0 Å². The van der Waals surface area contributed by atoms with Crippen LogP contribution in [0.1, 0.15) is 35.3 Å². The predicted molar refractivity (Wildman–Crippen MR) is 90.5 cm³/mol. The van der Waals surface area contributed by atoms with Crippen molar-refractivity contribution in [1.82, 2.24) is 0 Å². The van der Waals surface area contributed by atoms with Gasteiger partial charge in [0.15, 0.2) is 0 Å². The largest absolute Gasteiger partial charge is 0.459 e. The highest BCUT2D eigenvalue weighted by Gasteiger charge is 2.10. The molecular weight excluding hydrogens is 290 g/mol. The fourth-order valence-corrected chi connectivity index (χ4v) is 2.16. The molecule has 2 aromatic rings. The van der Waals surface area contributed by atoms with Crippen LogP contribution in [0.15, 0.2) is 48.5 Å². The summed E-state index contributed by atoms with van der Waals surface area (Å²) in [5, 5.41) is 2.83. The highest BCUT2D eigenvalue weighted by atomic mass is 16.5. The first-order valence-corrected chi connectivity index (χ1v) is 7.61. The van der Waals surface area contributed by atoms with Gasteiger partial charge in [-0.15, -0.1) is 0 Å². The van der Waals surface area contributed by atoms with Gasteiger partial charge >= 0.3 is 5.97 Å². The number of hydrogen-bond acceptors (Lipinski definition) is 3. The Bertz CT molecular complexity index is 690. The van der Waals surface area contributed by atoms with Crippen LogP contribution in [0.3, 0.4) is 0 Å². The van der Waals surface area contributed by atoms with Crippen LogP contribution in [0.4, 0.5) is 5.69 Å². The Morgan fingerprint density at radius 3 is 2.30 bits per heavy atom. The molecule has 0 bridgehead atoms. The zero-order valence-electron chi connectivity index (χ0n) is 13.6. The molecule has 1 N–H and O–H groups in total. The van der Waals surface area contributed by atoms with E-state index in [0.29, 0.717) is 17.7 Å². The molecule has 0 fully saturated rings. The van der Waals surface area contributed by atoms with Crippen LogP contribution in [0.5, 0.6) is 0 Å². The molecule has 120 valence electrons. The second-order valence-electron chi connectivity index (χ2n) is 5.68. The molecule has 0 aliphatic heterocycles. The Kier molecular flexibility index (Phi) is 5.52. The third-order valence-electron chi connectivity index (χ3n) is 3.36. The molecule has 0 aromatic heterocycles. The highest BCUT2D eigenvalue weighted by Crippen LogP contribution is 2.13. The first kappa shape index (κ1) is 16.7. The number of carbonyl (C=O) groups is 2. The monoisotopic (exact) mass is 311 g/mol. The number of amides is 1. The minimum atomic E-state index is -0.363. The highest BCUT2D eigenvalue weighted by molar-refractivity contribution is 5.94. The summed E-state index contributed by atoms with van der Waals surface area (Å²) in [6.45, 7) is 5.59. The summed E-state index contributed by atoms with van der Waals surface area (Å²) in [6.07, 6.45) is 0.167. The van der Waals surface area contributed by atoms with Crippen LogP contribution >= 0.6 is 0 Å². The molecule has 2 rings (SSSR count). The summed E-state index contributed by atoms with van der Waals surface area (Å²) in [6, 6.07) is 14.5. The Hall–Kier alpha value is -2.62. The van der Waals surface area contributed by atoms with E-state index in [1.165, 1.54) is 0 Å². The Morgan fingerprint density at radius 1 is 1.04 bits per heavy atom. The third-order valence-corrected chi connectivity index (χ3v) is 3.36. The standard InChI is InChI=1S/C19H21NO3/c1-13(2)23-19(22)15-8-10-17(11-9-15)20-18(21)12-16-7-5-4-6-14(16)3/h4-11,13H,12H2,1-3H3,(H,20,21). The normalized spacial score (nSPS) is 10.4. The van der Waals surface area contributed by atoms with Gasteiger partial charge in [-0.3, -0.25) is 4.79 Å². The van der Waals surface area contributed by atoms with Crippen LogP contribution in [0.25, 0.3) is 0 Å². The summed E-state index contributed by atoms with van der Waals surface area (Å²) in [5.41, 5.74) is 3.22. The first-order chi connectivity index (χ1) is 11.0. The van der Waals surface area contributed by atoms with Gasteiger partial charge in [0, 0.05) is 5.69 Å². The van der Waals surface area contributed by atoms with E-state index in [1.807, 2.05) is 31.2 Å². The quantitative estimate of drug-likeness (QED) is 0.856. The molecule has 0 atom stereocenters. The molecule has 0 saturated heterocycles. The second-order valence-corrected chi connectivity index (χ2v) is 5.68. The molecular formula is C19H21NO3. The Balaban J connectivity index is 1.97. The number of aryl methyl sites for hydroxylation is 1. The Labute approximate surface area is 136 Å². The van der Waals surface area contributed by atoms with Gasteiger partial charge in [-0.25, -0.2) is 4.79 Å². The molecule has 0 saturated carbocycles. The second kappa shape index (κ2) is 7.58. The van der Waals surface area contributed by atoms with E-state index in [0.717, 1.165) is 11.1 Å². The fraction of sp³-hybridized carbons (Fsp3) is 0.263. The first-order valence-electron chi connectivity index (χ1n) is 7.61. The maximum atomic E-state index is 12.1. The van der Waals surface area contributed by atoms with Gasteiger partial charge in [0.2, 0.25) is 5.91 Å². The smallest absolute Gasteiger partial charge is 0.338 e. The Morgan fingerprint density at radius 2 is 1.70 bits per heavy atom. The molecule has 23 heavy (non-hydrogen) atoms. The molecule has 0 spiro atoms. The summed E-state index contributed by atoms with van der Waals surface area (Å²) in [5.74, 6) is -0.449. The summed E-state index contributed by atoms with van der Waals surface area (Å²) in [7, 11) is 0. The van der Waals surface area contributed by atoms with Crippen LogP contribution in [-0.2, 0) is 16.0 Å². The van der Waals surface area contributed by atoms with Gasteiger partial charge in [-0.2, -0.15) is 0 Å².